The molecule has 0 aromatic heterocycles. The number of hydrogen-bond donors (Lipinski definition) is 1. The maximum atomic E-state index is 10.8. The standard InChI is InChI=1S/C9H8N2O4/c12-9-10-8(5-15-9)6-2-1-3-7(4-6)11(13)14/h1-4,8H,5H2,(H,10,12)/t8-/m1/s1. The number of non-ortho nitro benzene ring substituents is 1. The first-order valence-corrected chi connectivity index (χ1v) is 4.34. The van der Waals surface area contributed by atoms with Crippen molar-refractivity contribution in [1.29, 1.82) is 0 Å². The molecule has 1 N–H and O–H groups in total. The fraction of sp³-hybridized carbons (Fsp3) is 0.222. The van der Waals surface area contributed by atoms with E-state index in [1.165, 1.54) is 12.1 Å². The number of nitro benzene ring substituents is 1. The summed E-state index contributed by atoms with van der Waals surface area (Å²) < 4.78 is 4.70. The molecule has 1 aromatic rings. The maximum absolute atomic E-state index is 10.8. The van der Waals surface area contributed by atoms with Gasteiger partial charge in [-0.25, -0.2) is 4.79 Å². The van der Waals surface area contributed by atoms with Crippen molar-refractivity contribution in [1.82, 2.24) is 5.32 Å². The molecule has 1 aromatic carbocycles. The second kappa shape index (κ2) is 3.56. The minimum atomic E-state index is -0.494. The normalized spacial score (nSPS) is 19.5. The van der Waals surface area contributed by atoms with E-state index in [2.05, 4.69) is 5.32 Å². The second-order valence-electron chi connectivity index (χ2n) is 3.15. The van der Waals surface area contributed by atoms with Crippen LogP contribution in [-0.4, -0.2) is 17.6 Å². The lowest BCUT2D eigenvalue weighted by Gasteiger charge is -2.06. The van der Waals surface area contributed by atoms with Crippen molar-refractivity contribution in [3.63, 3.8) is 0 Å². The number of hydrogen-bond acceptors (Lipinski definition) is 4. The number of nitro groups is 1. The minimum absolute atomic E-state index is 0.00801. The summed E-state index contributed by atoms with van der Waals surface area (Å²) in [5, 5.41) is 13.1. The van der Waals surface area contributed by atoms with Gasteiger partial charge in [-0.2, -0.15) is 0 Å². The summed E-state index contributed by atoms with van der Waals surface area (Å²) in [6.07, 6.45) is -0.494. The van der Waals surface area contributed by atoms with Crippen molar-refractivity contribution in [2.45, 2.75) is 6.04 Å². The summed E-state index contributed by atoms with van der Waals surface area (Å²) in [6.45, 7) is 0.208. The van der Waals surface area contributed by atoms with Crippen LogP contribution >= 0.6 is 0 Å². The molecule has 1 amide bonds. The van der Waals surface area contributed by atoms with Gasteiger partial charge in [0.25, 0.3) is 5.69 Å². The second-order valence-corrected chi connectivity index (χ2v) is 3.15. The third-order valence-corrected chi connectivity index (χ3v) is 2.16. The molecule has 2 rings (SSSR count). The number of alkyl carbamates (subject to hydrolysis) is 1. The molecule has 0 aliphatic carbocycles. The highest BCUT2D eigenvalue weighted by Crippen LogP contribution is 2.22. The van der Waals surface area contributed by atoms with Crippen LogP contribution < -0.4 is 5.32 Å². The molecule has 0 unspecified atom stereocenters. The fourth-order valence-electron chi connectivity index (χ4n) is 1.42. The van der Waals surface area contributed by atoms with Gasteiger partial charge in [0.05, 0.1) is 11.0 Å². The molecule has 1 fully saturated rings. The number of cyclic esters (lactones) is 1. The molecule has 1 atom stereocenters. The van der Waals surface area contributed by atoms with E-state index in [9.17, 15) is 14.9 Å². The topological polar surface area (TPSA) is 81.5 Å². The first kappa shape index (κ1) is 9.45. The average molecular weight is 208 g/mol. The van der Waals surface area contributed by atoms with Crippen LogP contribution in [0.15, 0.2) is 24.3 Å². The smallest absolute Gasteiger partial charge is 0.407 e. The van der Waals surface area contributed by atoms with E-state index in [-0.39, 0.29) is 18.3 Å². The van der Waals surface area contributed by atoms with Crippen molar-refractivity contribution < 1.29 is 14.5 Å². The van der Waals surface area contributed by atoms with Gasteiger partial charge in [-0.1, -0.05) is 12.1 Å². The summed E-state index contributed by atoms with van der Waals surface area (Å²) in [5.74, 6) is 0. The van der Waals surface area contributed by atoms with Crippen LogP contribution in [0.4, 0.5) is 10.5 Å². The Hall–Kier alpha value is -2.11. The lowest BCUT2D eigenvalue weighted by Crippen LogP contribution is -2.18. The Morgan fingerprint density at radius 3 is 2.93 bits per heavy atom. The minimum Gasteiger partial charge on any atom is -0.447 e. The Kier molecular flexibility index (Phi) is 2.24. The van der Waals surface area contributed by atoms with Gasteiger partial charge in [0.1, 0.15) is 6.61 Å². The van der Waals surface area contributed by atoms with Crippen LogP contribution in [-0.2, 0) is 4.74 Å². The van der Waals surface area contributed by atoms with E-state index in [4.69, 9.17) is 4.74 Å². The van der Waals surface area contributed by atoms with Gasteiger partial charge in [-0.3, -0.25) is 10.1 Å². The Balaban J connectivity index is 2.25. The van der Waals surface area contributed by atoms with Crippen molar-refractivity contribution >= 4 is 11.8 Å². The highest BCUT2D eigenvalue weighted by atomic mass is 16.6. The van der Waals surface area contributed by atoms with E-state index >= 15 is 0 Å². The summed E-state index contributed by atoms with van der Waals surface area (Å²) >= 11 is 0. The number of ether oxygens (including phenoxy) is 1. The largest absolute Gasteiger partial charge is 0.447 e. The van der Waals surface area contributed by atoms with Crippen molar-refractivity contribution in [2.75, 3.05) is 6.61 Å². The van der Waals surface area contributed by atoms with Gasteiger partial charge in [-0.15, -0.1) is 0 Å². The Morgan fingerprint density at radius 1 is 1.53 bits per heavy atom. The number of nitrogens with zero attached hydrogens (tertiary/aromatic N) is 1. The van der Waals surface area contributed by atoms with Crippen LogP contribution in [0.1, 0.15) is 11.6 Å². The summed E-state index contributed by atoms with van der Waals surface area (Å²) in [6, 6.07) is 5.84. The number of rotatable bonds is 2. The van der Waals surface area contributed by atoms with E-state index in [1.54, 1.807) is 12.1 Å². The predicted octanol–water partition coefficient (Wildman–Crippen LogP) is 1.38. The highest BCUT2D eigenvalue weighted by molar-refractivity contribution is 5.70. The van der Waals surface area contributed by atoms with Crippen molar-refractivity contribution in [2.24, 2.45) is 0 Å². The molecule has 1 saturated heterocycles. The summed E-state index contributed by atoms with van der Waals surface area (Å²) in [5.41, 5.74) is 0.684. The number of nitrogens with one attached hydrogen (secondary N) is 1. The van der Waals surface area contributed by atoms with Crippen LogP contribution in [0.25, 0.3) is 0 Å². The van der Waals surface area contributed by atoms with E-state index < -0.39 is 11.0 Å². The van der Waals surface area contributed by atoms with Gasteiger partial charge < -0.3 is 10.1 Å². The molecular weight excluding hydrogens is 200 g/mol. The third kappa shape index (κ3) is 1.88. The zero-order valence-corrected chi connectivity index (χ0v) is 7.67. The molecular formula is C9H8N2O4. The van der Waals surface area contributed by atoms with Gasteiger partial charge in [0.15, 0.2) is 0 Å². The Labute approximate surface area is 85.0 Å². The van der Waals surface area contributed by atoms with Crippen LogP contribution in [0.2, 0.25) is 0 Å². The summed E-state index contributed by atoms with van der Waals surface area (Å²) in [7, 11) is 0. The van der Waals surface area contributed by atoms with Gasteiger partial charge >= 0.3 is 6.09 Å². The summed E-state index contributed by atoms with van der Waals surface area (Å²) in [4.78, 5) is 20.8. The number of carbonyl (C=O) groups is 1. The molecule has 6 heteroatoms. The van der Waals surface area contributed by atoms with Gasteiger partial charge in [0.2, 0.25) is 0 Å². The zero-order valence-electron chi connectivity index (χ0n) is 7.67. The van der Waals surface area contributed by atoms with Gasteiger partial charge in [0, 0.05) is 12.1 Å². The highest BCUT2D eigenvalue weighted by Gasteiger charge is 2.24. The predicted molar refractivity (Wildman–Crippen MR) is 50.3 cm³/mol. The molecule has 1 aliphatic heterocycles. The fourth-order valence-corrected chi connectivity index (χ4v) is 1.42. The van der Waals surface area contributed by atoms with Crippen LogP contribution in [0.5, 0.6) is 0 Å². The molecule has 1 aliphatic rings. The first-order chi connectivity index (χ1) is 7.16. The SMILES string of the molecule is O=C1N[C@@H](c2cccc([N+](=O)[O-])c2)CO1. The Morgan fingerprint density at radius 2 is 2.33 bits per heavy atom. The van der Waals surface area contributed by atoms with Gasteiger partial charge in [-0.05, 0) is 5.56 Å². The molecule has 0 bridgehead atoms. The van der Waals surface area contributed by atoms with Crippen molar-refractivity contribution in [3.05, 3.63) is 39.9 Å². The third-order valence-electron chi connectivity index (χ3n) is 2.16. The quantitative estimate of drug-likeness (QED) is 0.587. The molecule has 1 heterocycles. The number of benzene rings is 1. The van der Waals surface area contributed by atoms with E-state index in [0.29, 0.717) is 5.56 Å². The van der Waals surface area contributed by atoms with Crippen LogP contribution in [0.3, 0.4) is 0 Å². The molecule has 78 valence electrons. The van der Waals surface area contributed by atoms with Crippen molar-refractivity contribution in [3.8, 4) is 0 Å². The Bertz CT molecular complexity index is 418. The van der Waals surface area contributed by atoms with E-state index in [0.717, 1.165) is 0 Å². The maximum Gasteiger partial charge on any atom is 0.407 e. The molecule has 15 heavy (non-hydrogen) atoms. The number of carbonyl (C=O) groups excluding carboxylic acids is 1. The zero-order chi connectivity index (χ0) is 10.8. The molecule has 0 saturated carbocycles. The molecule has 0 spiro atoms. The average Bonchev–Trinajstić information content (AvgIpc) is 2.65. The lowest BCUT2D eigenvalue weighted by molar-refractivity contribution is -0.384. The molecule has 6 nitrogen and oxygen atoms in total. The van der Waals surface area contributed by atoms with Crippen LogP contribution in [0, 0.1) is 10.1 Å². The monoisotopic (exact) mass is 208 g/mol. The lowest BCUT2D eigenvalue weighted by atomic mass is 10.1. The number of amides is 1. The molecule has 0 radical (unpaired) electrons. The van der Waals surface area contributed by atoms with E-state index in [1.807, 2.05) is 0 Å². The first-order valence-electron chi connectivity index (χ1n) is 4.34.